The number of hydrogen-bond acceptors (Lipinski definition) is 4. The van der Waals surface area contributed by atoms with E-state index < -0.39 is 17.6 Å². The van der Waals surface area contributed by atoms with Crippen LogP contribution in [0.5, 0.6) is 5.75 Å². The summed E-state index contributed by atoms with van der Waals surface area (Å²) in [7, 11) is 0. The Morgan fingerprint density at radius 2 is 1.64 bits per heavy atom. The van der Waals surface area contributed by atoms with Crippen molar-refractivity contribution < 1.29 is 23.1 Å². The average Bonchev–Trinajstić information content (AvgIpc) is 3.33. The quantitative estimate of drug-likeness (QED) is 0.164. The molecule has 0 aliphatic carbocycles. The Morgan fingerprint density at radius 3 is 2.43 bits per heavy atom. The SMILES string of the molecule is O=C(NN=Cc1cn(Cc2cccc(C(F)(F)F)c2)c2ccccc12)c1cc(-c2ccc(O)cc2)nc2ccccc12. The van der Waals surface area contributed by atoms with Gasteiger partial charge in [0.25, 0.3) is 5.91 Å². The molecule has 0 saturated carbocycles. The minimum atomic E-state index is -4.42. The highest BCUT2D eigenvalue weighted by Gasteiger charge is 2.30. The molecule has 0 fully saturated rings. The van der Waals surface area contributed by atoms with Crippen LogP contribution < -0.4 is 5.43 Å². The van der Waals surface area contributed by atoms with Gasteiger partial charge in [-0.25, -0.2) is 10.4 Å². The second-order valence-corrected chi connectivity index (χ2v) is 9.75. The van der Waals surface area contributed by atoms with Crippen LogP contribution in [0, 0.1) is 0 Å². The van der Waals surface area contributed by atoms with Crippen LogP contribution in [0.25, 0.3) is 33.1 Å². The molecule has 6 aromatic rings. The highest BCUT2D eigenvalue weighted by atomic mass is 19.4. The topological polar surface area (TPSA) is 79.5 Å². The number of hydrogen-bond donors (Lipinski definition) is 2. The van der Waals surface area contributed by atoms with Crippen molar-refractivity contribution in [3.63, 3.8) is 0 Å². The van der Waals surface area contributed by atoms with E-state index in [0.717, 1.165) is 28.6 Å². The molecule has 6 nitrogen and oxygen atoms in total. The molecule has 42 heavy (non-hydrogen) atoms. The minimum Gasteiger partial charge on any atom is -0.508 e. The third kappa shape index (κ3) is 5.44. The molecule has 1 amide bonds. The summed E-state index contributed by atoms with van der Waals surface area (Å²) in [6.45, 7) is 0.230. The van der Waals surface area contributed by atoms with Gasteiger partial charge in [0.15, 0.2) is 0 Å². The number of carbonyl (C=O) groups is 1. The van der Waals surface area contributed by atoms with Crippen molar-refractivity contribution in [1.82, 2.24) is 15.0 Å². The Kier molecular flexibility index (Phi) is 6.92. The Labute approximate surface area is 238 Å². The summed E-state index contributed by atoms with van der Waals surface area (Å²) in [4.78, 5) is 18.0. The van der Waals surface area contributed by atoms with Crippen molar-refractivity contribution in [3.8, 4) is 17.0 Å². The zero-order valence-electron chi connectivity index (χ0n) is 22.0. The molecule has 208 valence electrons. The Morgan fingerprint density at radius 1 is 0.905 bits per heavy atom. The molecule has 4 aromatic carbocycles. The summed E-state index contributed by atoms with van der Waals surface area (Å²) in [6, 6.07) is 28.3. The lowest BCUT2D eigenvalue weighted by Crippen LogP contribution is -2.18. The van der Waals surface area contributed by atoms with Gasteiger partial charge in [0.1, 0.15) is 5.75 Å². The predicted molar refractivity (Wildman–Crippen MR) is 156 cm³/mol. The van der Waals surface area contributed by atoms with E-state index in [1.807, 2.05) is 53.1 Å². The number of phenolic OH excluding ortho intramolecular Hbond substituents is 1. The molecule has 0 unspecified atom stereocenters. The fourth-order valence-corrected chi connectivity index (χ4v) is 4.92. The van der Waals surface area contributed by atoms with Crippen molar-refractivity contribution in [2.75, 3.05) is 0 Å². The first-order chi connectivity index (χ1) is 20.3. The number of aromatic nitrogens is 2. The molecule has 9 heteroatoms. The highest BCUT2D eigenvalue weighted by Crippen LogP contribution is 2.30. The van der Waals surface area contributed by atoms with Gasteiger partial charge in [0.2, 0.25) is 0 Å². The van der Waals surface area contributed by atoms with E-state index in [2.05, 4.69) is 15.5 Å². The van der Waals surface area contributed by atoms with Crippen molar-refractivity contribution in [2.45, 2.75) is 12.7 Å². The largest absolute Gasteiger partial charge is 0.508 e. The molecule has 0 spiro atoms. The predicted octanol–water partition coefficient (Wildman–Crippen LogP) is 7.39. The fourth-order valence-electron chi connectivity index (χ4n) is 4.92. The maximum atomic E-state index is 13.3. The van der Waals surface area contributed by atoms with Gasteiger partial charge in [-0.3, -0.25) is 4.79 Å². The monoisotopic (exact) mass is 564 g/mol. The smallest absolute Gasteiger partial charge is 0.416 e. The minimum absolute atomic E-state index is 0.128. The molecular formula is C33H23F3N4O2. The van der Waals surface area contributed by atoms with Crippen LogP contribution in [-0.4, -0.2) is 26.8 Å². The number of benzene rings is 4. The maximum Gasteiger partial charge on any atom is 0.416 e. The lowest BCUT2D eigenvalue weighted by atomic mass is 10.0. The second-order valence-electron chi connectivity index (χ2n) is 9.75. The van der Waals surface area contributed by atoms with Gasteiger partial charge in [-0.05, 0) is 60.2 Å². The van der Waals surface area contributed by atoms with E-state index in [1.54, 1.807) is 42.6 Å². The number of amides is 1. The fraction of sp³-hybridized carbons (Fsp3) is 0.0606. The van der Waals surface area contributed by atoms with Crippen molar-refractivity contribution in [2.24, 2.45) is 5.10 Å². The third-order valence-electron chi connectivity index (χ3n) is 6.92. The van der Waals surface area contributed by atoms with E-state index in [0.29, 0.717) is 33.3 Å². The summed E-state index contributed by atoms with van der Waals surface area (Å²) in [5.41, 5.74) is 6.26. The molecule has 0 saturated heterocycles. The van der Waals surface area contributed by atoms with Gasteiger partial charge in [-0.15, -0.1) is 0 Å². The number of fused-ring (bicyclic) bond motifs is 2. The molecule has 2 aromatic heterocycles. The van der Waals surface area contributed by atoms with Gasteiger partial charge in [0, 0.05) is 40.2 Å². The van der Waals surface area contributed by atoms with Gasteiger partial charge in [-0.1, -0.05) is 48.5 Å². The number of halogens is 3. The van der Waals surface area contributed by atoms with Crippen LogP contribution >= 0.6 is 0 Å². The van der Waals surface area contributed by atoms with E-state index in [-0.39, 0.29) is 12.3 Å². The number of hydrazone groups is 1. The summed E-state index contributed by atoms with van der Waals surface area (Å²) in [6.07, 6.45) is -1.10. The molecule has 2 N–H and O–H groups in total. The van der Waals surface area contributed by atoms with E-state index in [1.165, 1.54) is 12.3 Å². The summed E-state index contributed by atoms with van der Waals surface area (Å²) in [5, 5.41) is 15.4. The van der Waals surface area contributed by atoms with E-state index in [4.69, 9.17) is 0 Å². The summed E-state index contributed by atoms with van der Waals surface area (Å²) >= 11 is 0. The zero-order valence-corrected chi connectivity index (χ0v) is 22.0. The first kappa shape index (κ1) is 26.8. The molecule has 0 bridgehead atoms. The number of para-hydroxylation sites is 2. The molecule has 6 rings (SSSR count). The normalized spacial score (nSPS) is 11.9. The lowest BCUT2D eigenvalue weighted by Gasteiger charge is -2.10. The van der Waals surface area contributed by atoms with Gasteiger partial charge in [-0.2, -0.15) is 18.3 Å². The van der Waals surface area contributed by atoms with Crippen LogP contribution in [0.1, 0.15) is 27.0 Å². The van der Waals surface area contributed by atoms with Crippen LogP contribution in [-0.2, 0) is 12.7 Å². The average molecular weight is 565 g/mol. The van der Waals surface area contributed by atoms with Gasteiger partial charge < -0.3 is 9.67 Å². The Bertz CT molecular complexity index is 1960. The van der Waals surface area contributed by atoms with Crippen molar-refractivity contribution >= 4 is 33.9 Å². The number of carbonyl (C=O) groups excluding carboxylic acids is 1. The van der Waals surface area contributed by atoms with E-state index in [9.17, 15) is 23.1 Å². The van der Waals surface area contributed by atoms with E-state index >= 15 is 0 Å². The van der Waals surface area contributed by atoms with Crippen LogP contribution in [0.4, 0.5) is 13.2 Å². The van der Waals surface area contributed by atoms with Gasteiger partial charge >= 0.3 is 6.18 Å². The van der Waals surface area contributed by atoms with Crippen molar-refractivity contribution in [1.29, 1.82) is 0 Å². The van der Waals surface area contributed by atoms with Crippen LogP contribution in [0.15, 0.2) is 114 Å². The molecule has 0 aliphatic heterocycles. The number of phenols is 1. The summed E-state index contributed by atoms with van der Waals surface area (Å²) in [5.74, 6) is -0.305. The zero-order chi connectivity index (χ0) is 29.3. The summed E-state index contributed by atoms with van der Waals surface area (Å²) < 4.78 is 41.5. The number of alkyl halides is 3. The highest BCUT2D eigenvalue weighted by molar-refractivity contribution is 6.07. The van der Waals surface area contributed by atoms with Crippen LogP contribution in [0.3, 0.4) is 0 Å². The van der Waals surface area contributed by atoms with Crippen molar-refractivity contribution in [3.05, 3.63) is 132 Å². The lowest BCUT2D eigenvalue weighted by molar-refractivity contribution is -0.137. The first-order valence-corrected chi connectivity index (χ1v) is 13.0. The number of rotatable bonds is 6. The number of aromatic hydroxyl groups is 1. The third-order valence-corrected chi connectivity index (χ3v) is 6.92. The molecule has 0 radical (unpaired) electrons. The maximum absolute atomic E-state index is 13.3. The van der Waals surface area contributed by atoms with Crippen LogP contribution in [0.2, 0.25) is 0 Å². The Balaban J connectivity index is 1.28. The first-order valence-electron chi connectivity index (χ1n) is 13.0. The van der Waals surface area contributed by atoms with Gasteiger partial charge in [0.05, 0.1) is 28.6 Å². The number of nitrogens with zero attached hydrogens (tertiary/aromatic N) is 3. The molecular weight excluding hydrogens is 541 g/mol. The molecule has 0 atom stereocenters. The number of nitrogens with one attached hydrogen (secondary N) is 1. The number of pyridine rings is 1. The molecule has 0 aliphatic rings. The standard InChI is InChI=1S/C33H23F3N4O2/c34-33(35,36)24-7-5-6-21(16-24)19-40-20-23(26-8-2-4-11-31(26)40)18-37-39-32(42)28-17-30(22-12-14-25(41)15-13-22)38-29-10-3-1-9-27(28)29/h1-18,20,41H,19H2,(H,39,42). The Hall–Kier alpha value is -5.44. The second kappa shape index (κ2) is 10.9. The molecule has 2 heterocycles.